The van der Waals surface area contributed by atoms with Crippen LogP contribution in [0.1, 0.15) is 20.3 Å². The first-order chi connectivity index (χ1) is 8.61. The number of piperazine rings is 1. The van der Waals surface area contributed by atoms with Crippen molar-refractivity contribution < 1.29 is 0 Å². The second-order valence-corrected chi connectivity index (χ2v) is 5.42. The molecule has 1 saturated heterocycles. The summed E-state index contributed by atoms with van der Waals surface area (Å²) in [6.45, 7) is 8.83. The second-order valence-electron chi connectivity index (χ2n) is 4.98. The van der Waals surface area contributed by atoms with Crippen LogP contribution in [-0.2, 0) is 0 Å². The van der Waals surface area contributed by atoms with Gasteiger partial charge in [-0.15, -0.1) is 0 Å². The van der Waals surface area contributed by atoms with Crippen LogP contribution in [0.5, 0.6) is 0 Å². The lowest BCUT2D eigenvalue weighted by Crippen LogP contribution is -2.49. The van der Waals surface area contributed by atoms with Crippen molar-refractivity contribution in [2.45, 2.75) is 26.3 Å². The van der Waals surface area contributed by atoms with E-state index in [0.29, 0.717) is 11.1 Å². The second kappa shape index (κ2) is 5.81. The van der Waals surface area contributed by atoms with Gasteiger partial charge in [-0.3, -0.25) is 4.90 Å². The van der Waals surface area contributed by atoms with Gasteiger partial charge in [0.25, 0.3) is 0 Å². The molecule has 1 aliphatic rings. The number of nitrogens with two attached hydrogens (primary N) is 1. The van der Waals surface area contributed by atoms with E-state index in [-0.39, 0.29) is 0 Å². The van der Waals surface area contributed by atoms with Crippen molar-refractivity contribution in [3.8, 4) is 0 Å². The fourth-order valence-electron chi connectivity index (χ4n) is 2.48. The molecule has 2 N–H and O–H groups in total. The summed E-state index contributed by atoms with van der Waals surface area (Å²) in [5, 5.41) is 0.703. The van der Waals surface area contributed by atoms with E-state index in [2.05, 4.69) is 23.6 Å². The van der Waals surface area contributed by atoms with Crippen LogP contribution < -0.4 is 10.6 Å². The average Bonchev–Trinajstić information content (AvgIpc) is 2.38. The Morgan fingerprint density at radius 2 is 1.94 bits per heavy atom. The number of hydrogen-bond donors (Lipinski definition) is 1. The molecule has 1 aromatic rings. The van der Waals surface area contributed by atoms with Crippen LogP contribution in [-0.4, -0.2) is 37.1 Å². The molecular formula is C14H22ClN3. The molecular weight excluding hydrogens is 246 g/mol. The lowest BCUT2D eigenvalue weighted by Gasteiger charge is -2.39. The Balaban J connectivity index is 2.01. The van der Waals surface area contributed by atoms with Crippen molar-refractivity contribution in [2.24, 2.45) is 0 Å². The standard InChI is InChI=1S/C14H22ClN3/c1-3-11(2)17-6-8-18(9-7-17)14-5-4-12(15)10-13(14)16/h4-5,10-11H,3,6-9,16H2,1-2H3. The fraction of sp³-hybridized carbons (Fsp3) is 0.571. The molecule has 0 amide bonds. The average molecular weight is 268 g/mol. The third kappa shape index (κ3) is 2.90. The van der Waals surface area contributed by atoms with Gasteiger partial charge in [0.1, 0.15) is 0 Å². The van der Waals surface area contributed by atoms with Crippen LogP contribution in [0.3, 0.4) is 0 Å². The van der Waals surface area contributed by atoms with E-state index in [0.717, 1.165) is 37.6 Å². The molecule has 1 heterocycles. The molecule has 2 rings (SSSR count). The van der Waals surface area contributed by atoms with Crippen LogP contribution in [0, 0.1) is 0 Å². The van der Waals surface area contributed by atoms with Gasteiger partial charge in [-0.2, -0.15) is 0 Å². The van der Waals surface area contributed by atoms with Gasteiger partial charge in [-0.1, -0.05) is 18.5 Å². The largest absolute Gasteiger partial charge is 0.397 e. The first-order valence-corrected chi connectivity index (χ1v) is 7.03. The Bertz CT molecular complexity index is 400. The number of hydrogen-bond acceptors (Lipinski definition) is 3. The molecule has 0 aliphatic carbocycles. The lowest BCUT2D eigenvalue weighted by atomic mass is 10.1. The molecule has 1 fully saturated rings. The molecule has 18 heavy (non-hydrogen) atoms. The third-order valence-electron chi connectivity index (χ3n) is 3.86. The predicted molar refractivity (Wildman–Crippen MR) is 79.4 cm³/mol. The summed E-state index contributed by atoms with van der Waals surface area (Å²) in [5.41, 5.74) is 7.92. The Kier molecular flexibility index (Phi) is 4.36. The molecule has 100 valence electrons. The highest BCUT2D eigenvalue weighted by Crippen LogP contribution is 2.27. The zero-order valence-corrected chi connectivity index (χ0v) is 12.0. The van der Waals surface area contributed by atoms with Crippen LogP contribution in [0.25, 0.3) is 0 Å². The van der Waals surface area contributed by atoms with Gasteiger partial charge in [0, 0.05) is 37.2 Å². The maximum absolute atomic E-state index is 6.03. The summed E-state index contributed by atoms with van der Waals surface area (Å²) >= 11 is 5.93. The highest BCUT2D eigenvalue weighted by atomic mass is 35.5. The summed E-state index contributed by atoms with van der Waals surface area (Å²) < 4.78 is 0. The van der Waals surface area contributed by atoms with Gasteiger partial charge in [0.05, 0.1) is 11.4 Å². The molecule has 0 bridgehead atoms. The number of nitrogen functional groups attached to an aromatic ring is 1. The fourth-order valence-corrected chi connectivity index (χ4v) is 2.66. The molecule has 1 unspecified atom stereocenters. The van der Waals surface area contributed by atoms with E-state index in [9.17, 15) is 0 Å². The molecule has 0 radical (unpaired) electrons. The monoisotopic (exact) mass is 267 g/mol. The van der Waals surface area contributed by atoms with Gasteiger partial charge in [0.2, 0.25) is 0 Å². The van der Waals surface area contributed by atoms with E-state index in [1.807, 2.05) is 18.2 Å². The van der Waals surface area contributed by atoms with E-state index in [1.54, 1.807) is 0 Å². The minimum atomic E-state index is 0.676. The number of benzene rings is 1. The van der Waals surface area contributed by atoms with E-state index >= 15 is 0 Å². The maximum atomic E-state index is 6.03. The SMILES string of the molecule is CCC(C)N1CCN(c2ccc(Cl)cc2N)CC1. The van der Waals surface area contributed by atoms with E-state index in [1.165, 1.54) is 6.42 Å². The molecule has 1 atom stereocenters. The number of anilines is 2. The summed E-state index contributed by atoms with van der Waals surface area (Å²) in [4.78, 5) is 4.90. The minimum absolute atomic E-state index is 0.676. The topological polar surface area (TPSA) is 32.5 Å². The summed E-state index contributed by atoms with van der Waals surface area (Å²) in [6, 6.07) is 6.44. The molecule has 1 aliphatic heterocycles. The Morgan fingerprint density at radius 1 is 1.28 bits per heavy atom. The number of halogens is 1. The normalized spacial score (nSPS) is 18.9. The Morgan fingerprint density at radius 3 is 2.50 bits per heavy atom. The maximum Gasteiger partial charge on any atom is 0.0601 e. The van der Waals surface area contributed by atoms with Gasteiger partial charge in [-0.25, -0.2) is 0 Å². The zero-order valence-electron chi connectivity index (χ0n) is 11.2. The smallest absolute Gasteiger partial charge is 0.0601 e. The molecule has 0 saturated carbocycles. The highest BCUT2D eigenvalue weighted by molar-refractivity contribution is 6.31. The van der Waals surface area contributed by atoms with E-state index < -0.39 is 0 Å². The molecule has 3 nitrogen and oxygen atoms in total. The van der Waals surface area contributed by atoms with Crippen molar-refractivity contribution >= 4 is 23.0 Å². The van der Waals surface area contributed by atoms with E-state index in [4.69, 9.17) is 17.3 Å². The van der Waals surface area contributed by atoms with Crippen molar-refractivity contribution in [1.82, 2.24) is 4.90 Å². The van der Waals surface area contributed by atoms with Gasteiger partial charge in [0.15, 0.2) is 0 Å². The van der Waals surface area contributed by atoms with Crippen LogP contribution in [0.4, 0.5) is 11.4 Å². The summed E-state index contributed by atoms with van der Waals surface area (Å²) in [5.74, 6) is 0. The van der Waals surface area contributed by atoms with Gasteiger partial charge >= 0.3 is 0 Å². The van der Waals surface area contributed by atoms with Gasteiger partial charge in [-0.05, 0) is 31.5 Å². The first kappa shape index (κ1) is 13.5. The molecule has 0 aromatic heterocycles. The zero-order chi connectivity index (χ0) is 13.1. The number of rotatable bonds is 3. The molecule has 1 aromatic carbocycles. The van der Waals surface area contributed by atoms with Crippen LogP contribution in [0.2, 0.25) is 5.02 Å². The lowest BCUT2D eigenvalue weighted by molar-refractivity contribution is 0.193. The molecule has 4 heteroatoms. The van der Waals surface area contributed by atoms with Crippen LogP contribution in [0.15, 0.2) is 18.2 Å². The Labute approximate surface area is 115 Å². The van der Waals surface area contributed by atoms with Crippen molar-refractivity contribution in [2.75, 3.05) is 36.8 Å². The highest BCUT2D eigenvalue weighted by Gasteiger charge is 2.21. The summed E-state index contributed by atoms with van der Waals surface area (Å²) in [7, 11) is 0. The van der Waals surface area contributed by atoms with Crippen molar-refractivity contribution in [3.63, 3.8) is 0 Å². The van der Waals surface area contributed by atoms with Crippen molar-refractivity contribution in [3.05, 3.63) is 23.2 Å². The van der Waals surface area contributed by atoms with Crippen molar-refractivity contribution in [1.29, 1.82) is 0 Å². The quantitative estimate of drug-likeness (QED) is 0.855. The number of nitrogens with zero attached hydrogens (tertiary/aromatic N) is 2. The third-order valence-corrected chi connectivity index (χ3v) is 4.09. The minimum Gasteiger partial charge on any atom is -0.397 e. The first-order valence-electron chi connectivity index (χ1n) is 6.66. The van der Waals surface area contributed by atoms with Crippen LogP contribution >= 0.6 is 11.6 Å². The predicted octanol–water partition coefficient (Wildman–Crippen LogP) is 2.84. The summed E-state index contributed by atoms with van der Waals surface area (Å²) in [6.07, 6.45) is 1.21. The van der Waals surface area contributed by atoms with Gasteiger partial charge < -0.3 is 10.6 Å². The Hall–Kier alpha value is -0.930. The molecule has 0 spiro atoms.